The molecule has 0 saturated carbocycles. The zero-order valence-corrected chi connectivity index (χ0v) is 14.9. The van der Waals surface area contributed by atoms with E-state index in [4.69, 9.17) is 5.73 Å². The van der Waals surface area contributed by atoms with Gasteiger partial charge >= 0.3 is 0 Å². The largest absolute Gasteiger partial charge is 0.325 e. The number of pyridine rings is 1. The molecule has 7 nitrogen and oxygen atoms in total. The van der Waals surface area contributed by atoms with Gasteiger partial charge in [0.2, 0.25) is 0 Å². The summed E-state index contributed by atoms with van der Waals surface area (Å²) < 4.78 is 4.17. The topological polar surface area (TPSA) is 77.8 Å². The summed E-state index contributed by atoms with van der Waals surface area (Å²) in [5.74, 6) is 0.656. The van der Waals surface area contributed by atoms with Gasteiger partial charge in [0.05, 0.1) is 17.6 Å². The lowest BCUT2D eigenvalue weighted by atomic mass is 9.97. The number of piperidine rings is 1. The molecule has 2 N–H and O–H groups in total. The highest BCUT2D eigenvalue weighted by molar-refractivity contribution is 5.32. The van der Waals surface area contributed by atoms with E-state index in [1.54, 1.807) is 0 Å². The summed E-state index contributed by atoms with van der Waals surface area (Å²) in [4.78, 5) is 6.76. The molecule has 1 saturated heterocycles. The van der Waals surface area contributed by atoms with Gasteiger partial charge in [0.15, 0.2) is 0 Å². The maximum absolute atomic E-state index is 5.60. The predicted octanol–water partition coefficient (Wildman–Crippen LogP) is 1.83. The van der Waals surface area contributed by atoms with Crippen molar-refractivity contribution in [2.45, 2.75) is 32.5 Å². The van der Waals surface area contributed by atoms with Crippen LogP contribution in [-0.4, -0.2) is 42.5 Å². The lowest BCUT2D eigenvalue weighted by Gasteiger charge is -2.32. The Balaban J connectivity index is 1.33. The summed E-state index contributed by atoms with van der Waals surface area (Å²) in [5, 5.41) is 8.24. The quantitative estimate of drug-likeness (QED) is 0.733. The minimum absolute atomic E-state index is 0.453. The molecule has 0 aromatic carbocycles. The van der Waals surface area contributed by atoms with E-state index in [2.05, 4.69) is 49.2 Å². The summed E-state index contributed by atoms with van der Waals surface area (Å²) in [5.41, 5.74) is 8.89. The maximum atomic E-state index is 5.60. The molecule has 1 aliphatic heterocycles. The monoisotopic (exact) mass is 351 g/mol. The number of likely N-dealkylation sites (tertiary alicyclic amines) is 1. The van der Waals surface area contributed by atoms with Gasteiger partial charge in [-0.3, -0.25) is 14.6 Å². The van der Waals surface area contributed by atoms with Crippen LogP contribution in [-0.2, 0) is 19.6 Å². The second kappa shape index (κ2) is 7.80. The van der Waals surface area contributed by atoms with Crippen molar-refractivity contribution in [2.24, 2.45) is 11.7 Å². The Kier molecular flexibility index (Phi) is 5.08. The highest BCUT2D eigenvalue weighted by Crippen LogP contribution is 2.21. The fourth-order valence-corrected chi connectivity index (χ4v) is 3.64. The normalized spacial score (nSPS) is 16.2. The van der Waals surface area contributed by atoms with Crippen LogP contribution in [0.4, 0.5) is 0 Å². The second-order valence-electron chi connectivity index (χ2n) is 6.94. The minimum Gasteiger partial charge on any atom is -0.325 e. The van der Waals surface area contributed by atoms with Crippen molar-refractivity contribution >= 4 is 0 Å². The van der Waals surface area contributed by atoms with Crippen LogP contribution in [0.5, 0.6) is 0 Å². The van der Waals surface area contributed by atoms with Gasteiger partial charge < -0.3 is 10.3 Å². The number of nitrogens with two attached hydrogens (primary N) is 1. The van der Waals surface area contributed by atoms with Crippen molar-refractivity contribution in [3.8, 4) is 5.69 Å². The zero-order chi connectivity index (χ0) is 17.8. The number of aromatic nitrogens is 5. The Hall–Kier alpha value is -2.51. The van der Waals surface area contributed by atoms with Crippen LogP contribution >= 0.6 is 0 Å². The van der Waals surface area contributed by atoms with Gasteiger partial charge in [0.1, 0.15) is 0 Å². The molecule has 0 unspecified atom stereocenters. The Morgan fingerprint density at radius 1 is 1.15 bits per heavy atom. The maximum Gasteiger partial charge on any atom is 0.0962 e. The minimum atomic E-state index is 0.453. The molecule has 0 bridgehead atoms. The number of nitrogens with zero attached hydrogens (tertiary/aromatic N) is 6. The van der Waals surface area contributed by atoms with Gasteiger partial charge in [0, 0.05) is 43.9 Å². The van der Waals surface area contributed by atoms with Crippen LogP contribution in [0.2, 0.25) is 0 Å². The average molecular weight is 351 g/mol. The molecule has 0 spiro atoms. The van der Waals surface area contributed by atoms with E-state index in [9.17, 15) is 0 Å². The molecule has 3 aromatic heterocycles. The summed E-state index contributed by atoms with van der Waals surface area (Å²) in [6.07, 6.45) is 10.2. The van der Waals surface area contributed by atoms with E-state index < -0.39 is 0 Å². The van der Waals surface area contributed by atoms with Crippen molar-refractivity contribution in [2.75, 3.05) is 13.1 Å². The van der Waals surface area contributed by atoms with Crippen LogP contribution in [0, 0.1) is 5.92 Å². The summed E-state index contributed by atoms with van der Waals surface area (Å²) in [7, 11) is 0. The van der Waals surface area contributed by atoms with Crippen molar-refractivity contribution in [3.63, 3.8) is 0 Å². The first-order valence-electron chi connectivity index (χ1n) is 9.20. The fraction of sp³-hybridized carbons (Fsp3) is 0.421. The van der Waals surface area contributed by atoms with Gasteiger partial charge in [-0.15, -0.1) is 5.10 Å². The highest BCUT2D eigenvalue weighted by Gasteiger charge is 2.21. The van der Waals surface area contributed by atoms with E-state index >= 15 is 0 Å². The molecule has 0 radical (unpaired) electrons. The number of hydrogen-bond acceptors (Lipinski definition) is 5. The zero-order valence-electron chi connectivity index (χ0n) is 14.9. The third-order valence-electron chi connectivity index (χ3n) is 5.09. The van der Waals surface area contributed by atoms with Crippen molar-refractivity contribution in [1.82, 2.24) is 29.4 Å². The van der Waals surface area contributed by atoms with Crippen LogP contribution in [0.3, 0.4) is 0 Å². The first-order chi connectivity index (χ1) is 12.8. The standard InChI is InChI=1S/C19H25N7/c20-11-17-14-25(23-22-17)13-16-5-9-24(10-6-16)15-19-4-2-8-26(19)18-3-1-7-21-12-18/h1-4,7-8,12,14,16H,5-6,9-11,13,15,20H2. The van der Waals surface area contributed by atoms with Gasteiger partial charge in [-0.1, -0.05) is 5.21 Å². The smallest absolute Gasteiger partial charge is 0.0962 e. The first-order valence-corrected chi connectivity index (χ1v) is 9.20. The highest BCUT2D eigenvalue weighted by atomic mass is 15.4. The number of hydrogen-bond donors (Lipinski definition) is 1. The third-order valence-corrected chi connectivity index (χ3v) is 5.09. The molecule has 136 valence electrons. The molecule has 0 amide bonds. The Morgan fingerprint density at radius 3 is 2.77 bits per heavy atom. The molecule has 3 aromatic rings. The summed E-state index contributed by atoms with van der Waals surface area (Å²) >= 11 is 0. The summed E-state index contributed by atoms with van der Waals surface area (Å²) in [6.45, 7) is 4.58. The lowest BCUT2D eigenvalue weighted by molar-refractivity contribution is 0.162. The van der Waals surface area contributed by atoms with Gasteiger partial charge in [0.25, 0.3) is 0 Å². The van der Waals surface area contributed by atoms with E-state index in [0.29, 0.717) is 12.5 Å². The lowest BCUT2D eigenvalue weighted by Crippen LogP contribution is -2.35. The second-order valence-corrected chi connectivity index (χ2v) is 6.94. The molecule has 4 heterocycles. The summed E-state index contributed by atoms with van der Waals surface area (Å²) in [6, 6.07) is 8.37. The third kappa shape index (κ3) is 3.84. The van der Waals surface area contributed by atoms with Crippen molar-refractivity contribution in [1.29, 1.82) is 0 Å². The molecule has 0 atom stereocenters. The van der Waals surface area contributed by atoms with Crippen LogP contribution in [0.25, 0.3) is 5.69 Å². The predicted molar refractivity (Wildman–Crippen MR) is 99.5 cm³/mol. The van der Waals surface area contributed by atoms with Crippen LogP contribution < -0.4 is 5.73 Å². The van der Waals surface area contributed by atoms with E-state index in [1.165, 1.54) is 18.5 Å². The molecule has 4 rings (SSSR count). The fourth-order valence-electron chi connectivity index (χ4n) is 3.64. The molecule has 7 heteroatoms. The van der Waals surface area contributed by atoms with Gasteiger partial charge in [-0.25, -0.2) is 0 Å². The Morgan fingerprint density at radius 2 is 2.04 bits per heavy atom. The SMILES string of the molecule is NCc1cn(CC2CCN(Cc3cccn3-c3cccnc3)CC2)nn1. The number of rotatable bonds is 6. The van der Waals surface area contributed by atoms with Crippen molar-refractivity contribution in [3.05, 3.63) is 60.4 Å². The Bertz CT molecular complexity index is 815. The molecular formula is C19H25N7. The molecule has 0 aliphatic carbocycles. The molecule has 1 fully saturated rings. The van der Waals surface area contributed by atoms with Gasteiger partial charge in [-0.05, 0) is 56.1 Å². The van der Waals surface area contributed by atoms with E-state index in [0.717, 1.165) is 37.6 Å². The Labute approximate surface area is 153 Å². The van der Waals surface area contributed by atoms with Gasteiger partial charge in [-0.2, -0.15) is 0 Å². The molecular weight excluding hydrogens is 326 g/mol. The molecule has 1 aliphatic rings. The average Bonchev–Trinajstić information content (AvgIpc) is 3.33. The van der Waals surface area contributed by atoms with Crippen LogP contribution in [0.15, 0.2) is 49.1 Å². The van der Waals surface area contributed by atoms with Crippen molar-refractivity contribution < 1.29 is 0 Å². The molecule has 26 heavy (non-hydrogen) atoms. The van der Waals surface area contributed by atoms with E-state index in [1.807, 2.05) is 29.3 Å². The first kappa shape index (κ1) is 16.9. The van der Waals surface area contributed by atoms with E-state index in [-0.39, 0.29) is 0 Å². The van der Waals surface area contributed by atoms with Crippen LogP contribution in [0.1, 0.15) is 24.2 Å².